The maximum atomic E-state index is 13.7. The molecule has 1 atom stereocenters. The molecule has 5 rings (SSSR count). The molecule has 1 aliphatic rings. The molecule has 0 unspecified atom stereocenters. The second-order valence-electron chi connectivity index (χ2n) is 9.73. The Morgan fingerprint density at radius 2 is 1.70 bits per heavy atom. The summed E-state index contributed by atoms with van der Waals surface area (Å²) in [6, 6.07) is 18.2. The highest BCUT2D eigenvalue weighted by molar-refractivity contribution is 5.98. The standard InChI is InChI=1S/C26H27FN4O2.C2HF3O2/c1-17(28-25(32)20-7-6-18-4-2-3-5-19(18)14-20)16-30-12-10-22(11-13-30)31-24-15-21(27)8-9-23(24)29-26(31)33;3-2(4,5)1(6)7/h2-9,14-15,17,22H,10-13,16H2,1H3,(H,28,32)(H,29,33);(H,6,7)/t17-;/m0./s1. The number of aliphatic carboxylic acids is 1. The van der Waals surface area contributed by atoms with E-state index in [1.165, 1.54) is 12.1 Å². The summed E-state index contributed by atoms with van der Waals surface area (Å²) in [4.78, 5) is 39.2. The SMILES string of the molecule is C[C@@H](CN1CCC(n2c(=O)[nH]c3ccc(F)cc32)CC1)NC(=O)c1ccc2ccccc2c1.O=C(O)C(F)(F)F. The molecule has 4 aromatic rings. The van der Waals surface area contributed by atoms with Crippen molar-refractivity contribution in [3.8, 4) is 0 Å². The Labute approximate surface area is 226 Å². The number of rotatable bonds is 5. The number of carboxylic acids is 1. The van der Waals surface area contributed by atoms with Crippen LogP contribution in [0.25, 0.3) is 21.8 Å². The number of alkyl halides is 3. The van der Waals surface area contributed by atoms with Gasteiger partial charge >= 0.3 is 17.8 Å². The number of amides is 1. The number of hydrogen-bond donors (Lipinski definition) is 3. The molecule has 3 N–H and O–H groups in total. The number of nitrogens with one attached hydrogen (secondary N) is 2. The van der Waals surface area contributed by atoms with Gasteiger partial charge < -0.3 is 20.3 Å². The predicted octanol–water partition coefficient (Wildman–Crippen LogP) is 4.71. The smallest absolute Gasteiger partial charge is 0.475 e. The average molecular weight is 561 g/mol. The first-order valence-electron chi connectivity index (χ1n) is 12.6. The Hall–Kier alpha value is -4.19. The molecule has 1 amide bonds. The number of aromatic amines is 1. The Morgan fingerprint density at radius 1 is 1.05 bits per heavy atom. The maximum Gasteiger partial charge on any atom is 0.490 e. The molecule has 0 saturated carbocycles. The molecule has 0 bridgehead atoms. The predicted molar refractivity (Wildman–Crippen MR) is 142 cm³/mol. The molecule has 0 aliphatic carbocycles. The number of likely N-dealkylation sites (tertiary alicyclic amines) is 1. The van der Waals surface area contributed by atoms with Crippen LogP contribution in [0.15, 0.2) is 65.5 Å². The molecule has 212 valence electrons. The Bertz CT molecular complexity index is 1570. The summed E-state index contributed by atoms with van der Waals surface area (Å²) in [5.74, 6) is -3.17. The van der Waals surface area contributed by atoms with Gasteiger partial charge in [-0.1, -0.05) is 30.3 Å². The molecule has 3 aromatic carbocycles. The minimum absolute atomic E-state index is 0.00886. The Morgan fingerprint density at radius 3 is 2.35 bits per heavy atom. The first-order chi connectivity index (χ1) is 18.9. The van der Waals surface area contributed by atoms with Crippen molar-refractivity contribution in [2.45, 2.75) is 38.0 Å². The second kappa shape index (κ2) is 11.9. The number of fused-ring (bicyclic) bond motifs is 2. The molecular weight excluding hydrogens is 532 g/mol. The first kappa shape index (κ1) is 28.8. The van der Waals surface area contributed by atoms with Crippen LogP contribution in [0.1, 0.15) is 36.2 Å². The average Bonchev–Trinajstić information content (AvgIpc) is 3.23. The van der Waals surface area contributed by atoms with Gasteiger partial charge in [-0.25, -0.2) is 14.0 Å². The van der Waals surface area contributed by atoms with E-state index in [9.17, 15) is 27.2 Å². The third-order valence-electron chi connectivity index (χ3n) is 6.77. The van der Waals surface area contributed by atoms with Gasteiger partial charge in [0.1, 0.15) is 5.82 Å². The molecule has 8 nitrogen and oxygen atoms in total. The van der Waals surface area contributed by atoms with Crippen LogP contribution in [0.5, 0.6) is 0 Å². The fourth-order valence-corrected chi connectivity index (χ4v) is 4.89. The van der Waals surface area contributed by atoms with Crippen LogP contribution in [0.2, 0.25) is 0 Å². The van der Waals surface area contributed by atoms with E-state index in [2.05, 4.69) is 15.2 Å². The number of imidazole rings is 1. The number of H-pyrrole nitrogens is 1. The number of carbonyl (C=O) groups excluding carboxylic acids is 1. The van der Waals surface area contributed by atoms with Gasteiger partial charge in [0.25, 0.3) is 5.91 Å². The number of carbonyl (C=O) groups is 2. The fourth-order valence-electron chi connectivity index (χ4n) is 4.89. The van der Waals surface area contributed by atoms with Gasteiger partial charge in [0.05, 0.1) is 11.0 Å². The number of halogens is 4. The van der Waals surface area contributed by atoms with E-state index in [1.807, 2.05) is 49.4 Å². The van der Waals surface area contributed by atoms with Crippen molar-refractivity contribution in [1.29, 1.82) is 0 Å². The highest BCUT2D eigenvalue weighted by Crippen LogP contribution is 2.25. The van der Waals surface area contributed by atoms with Crippen LogP contribution in [-0.2, 0) is 4.79 Å². The van der Waals surface area contributed by atoms with E-state index >= 15 is 0 Å². The van der Waals surface area contributed by atoms with Crippen molar-refractivity contribution in [3.05, 3.63) is 82.5 Å². The molecule has 1 saturated heterocycles. The van der Waals surface area contributed by atoms with Crippen LogP contribution >= 0.6 is 0 Å². The van der Waals surface area contributed by atoms with Crippen LogP contribution in [0, 0.1) is 5.82 Å². The lowest BCUT2D eigenvalue weighted by Crippen LogP contribution is -2.45. The van der Waals surface area contributed by atoms with Crippen LogP contribution in [-0.4, -0.2) is 63.3 Å². The van der Waals surface area contributed by atoms with E-state index in [1.54, 1.807) is 10.6 Å². The van der Waals surface area contributed by atoms with E-state index in [0.29, 0.717) is 16.6 Å². The quantitative estimate of drug-likeness (QED) is 0.307. The minimum atomic E-state index is -5.08. The zero-order valence-electron chi connectivity index (χ0n) is 21.5. The summed E-state index contributed by atoms with van der Waals surface area (Å²) in [6.07, 6.45) is -3.48. The second-order valence-corrected chi connectivity index (χ2v) is 9.73. The highest BCUT2D eigenvalue weighted by Gasteiger charge is 2.38. The summed E-state index contributed by atoms with van der Waals surface area (Å²) < 4.78 is 47.2. The largest absolute Gasteiger partial charge is 0.490 e. The monoisotopic (exact) mass is 560 g/mol. The lowest BCUT2D eigenvalue weighted by molar-refractivity contribution is -0.192. The van der Waals surface area contributed by atoms with Gasteiger partial charge in [-0.15, -0.1) is 0 Å². The molecule has 1 aromatic heterocycles. The summed E-state index contributed by atoms with van der Waals surface area (Å²) in [7, 11) is 0. The number of aromatic nitrogens is 2. The van der Waals surface area contributed by atoms with E-state index < -0.39 is 12.1 Å². The van der Waals surface area contributed by atoms with Crippen LogP contribution in [0.4, 0.5) is 17.6 Å². The summed E-state index contributed by atoms with van der Waals surface area (Å²) in [5.41, 5.74) is 1.75. The summed E-state index contributed by atoms with van der Waals surface area (Å²) >= 11 is 0. The summed E-state index contributed by atoms with van der Waals surface area (Å²) in [5, 5.41) is 12.4. The lowest BCUT2D eigenvalue weighted by Gasteiger charge is -2.34. The minimum Gasteiger partial charge on any atom is -0.475 e. The third-order valence-corrected chi connectivity index (χ3v) is 6.77. The molecule has 0 spiro atoms. The van der Waals surface area contributed by atoms with Crippen molar-refractivity contribution < 1.29 is 32.3 Å². The van der Waals surface area contributed by atoms with E-state index in [0.717, 1.165) is 43.2 Å². The topological polar surface area (TPSA) is 107 Å². The molecule has 1 aliphatic heterocycles. The molecular formula is C28H28F4N4O4. The molecule has 2 heterocycles. The van der Waals surface area contributed by atoms with E-state index in [4.69, 9.17) is 9.90 Å². The van der Waals surface area contributed by atoms with E-state index in [-0.39, 0.29) is 29.5 Å². The third kappa shape index (κ3) is 6.87. The number of nitrogens with zero attached hydrogens (tertiary/aromatic N) is 2. The van der Waals surface area contributed by atoms with Gasteiger partial charge in [0.2, 0.25) is 0 Å². The highest BCUT2D eigenvalue weighted by atomic mass is 19.4. The van der Waals surface area contributed by atoms with Crippen molar-refractivity contribution in [2.75, 3.05) is 19.6 Å². The van der Waals surface area contributed by atoms with Crippen molar-refractivity contribution >= 4 is 33.7 Å². The molecule has 12 heteroatoms. The van der Waals surface area contributed by atoms with Gasteiger partial charge in [-0.05, 0) is 60.9 Å². The van der Waals surface area contributed by atoms with Crippen molar-refractivity contribution in [2.24, 2.45) is 0 Å². The number of hydrogen-bond acceptors (Lipinski definition) is 4. The number of benzene rings is 3. The fraction of sp³-hybridized carbons (Fsp3) is 0.321. The van der Waals surface area contributed by atoms with Crippen molar-refractivity contribution in [3.63, 3.8) is 0 Å². The Kier molecular flexibility index (Phi) is 8.58. The van der Waals surface area contributed by atoms with Gasteiger partial charge in [0, 0.05) is 37.3 Å². The van der Waals surface area contributed by atoms with Crippen molar-refractivity contribution in [1.82, 2.24) is 19.8 Å². The lowest BCUT2D eigenvalue weighted by atomic mass is 10.0. The Balaban J connectivity index is 0.000000470. The zero-order chi connectivity index (χ0) is 29.0. The molecule has 0 radical (unpaired) electrons. The van der Waals surface area contributed by atoms with Crippen LogP contribution < -0.4 is 11.0 Å². The number of piperidine rings is 1. The molecule has 40 heavy (non-hydrogen) atoms. The van der Waals surface area contributed by atoms with Crippen LogP contribution in [0.3, 0.4) is 0 Å². The molecule has 1 fully saturated rings. The zero-order valence-corrected chi connectivity index (χ0v) is 21.5. The van der Waals surface area contributed by atoms with Gasteiger partial charge in [0.15, 0.2) is 0 Å². The number of carboxylic acid groups (broad SMARTS) is 1. The van der Waals surface area contributed by atoms with Gasteiger partial charge in [-0.2, -0.15) is 13.2 Å². The normalized spacial score (nSPS) is 15.4. The van der Waals surface area contributed by atoms with Gasteiger partial charge in [-0.3, -0.25) is 9.36 Å². The first-order valence-corrected chi connectivity index (χ1v) is 12.6. The maximum absolute atomic E-state index is 13.7. The summed E-state index contributed by atoms with van der Waals surface area (Å²) in [6.45, 7) is 4.38.